The van der Waals surface area contributed by atoms with Gasteiger partial charge in [-0.25, -0.2) is 4.79 Å². The number of hydrogen-bond acceptors (Lipinski definition) is 6. The van der Waals surface area contributed by atoms with Crippen LogP contribution in [0.15, 0.2) is 41.3 Å². The first-order valence-corrected chi connectivity index (χ1v) is 9.38. The fraction of sp³-hybridized carbons (Fsp3) is 0.409. The van der Waals surface area contributed by atoms with E-state index < -0.39 is 34.6 Å². The van der Waals surface area contributed by atoms with E-state index in [1.54, 1.807) is 45.0 Å². The first-order chi connectivity index (χ1) is 14.1. The number of pyridine rings is 1. The Kier molecular flexibility index (Phi) is 7.53. The van der Waals surface area contributed by atoms with Crippen molar-refractivity contribution < 1.29 is 28.9 Å². The Balaban J connectivity index is 2.66. The van der Waals surface area contributed by atoms with Crippen molar-refractivity contribution in [2.75, 3.05) is 14.2 Å². The average Bonchev–Trinajstić information content (AvgIpc) is 2.70. The average molecular weight is 417 g/mol. The summed E-state index contributed by atoms with van der Waals surface area (Å²) in [5.74, 6) is -2.18. The van der Waals surface area contributed by atoms with Gasteiger partial charge in [-0.05, 0) is 5.56 Å². The van der Waals surface area contributed by atoms with Crippen LogP contribution in [-0.2, 0) is 22.6 Å². The summed E-state index contributed by atoms with van der Waals surface area (Å²) >= 11 is 0. The van der Waals surface area contributed by atoms with Crippen LogP contribution in [0.2, 0.25) is 0 Å². The molecule has 0 spiro atoms. The molecule has 0 bridgehead atoms. The minimum absolute atomic E-state index is 0.0263. The molecule has 2 rings (SSSR count). The zero-order valence-electron chi connectivity index (χ0n) is 17.8. The van der Waals surface area contributed by atoms with Gasteiger partial charge in [0.05, 0.1) is 12.1 Å². The fourth-order valence-corrected chi connectivity index (χ4v) is 2.84. The number of benzene rings is 1. The number of nitrogens with zero attached hydrogens (tertiary/aromatic N) is 1. The molecule has 1 heterocycles. The summed E-state index contributed by atoms with van der Waals surface area (Å²) in [6.07, 6.45) is 0.449. The van der Waals surface area contributed by atoms with Crippen LogP contribution in [0.1, 0.15) is 47.2 Å². The summed E-state index contributed by atoms with van der Waals surface area (Å²) in [5.41, 5.74) is -1.38. The van der Waals surface area contributed by atoms with E-state index in [1.165, 1.54) is 25.0 Å². The van der Waals surface area contributed by atoms with E-state index in [2.05, 4.69) is 0 Å². The van der Waals surface area contributed by atoms with Crippen molar-refractivity contribution in [2.45, 2.75) is 40.2 Å². The summed E-state index contributed by atoms with van der Waals surface area (Å²) in [6, 6.07) is 9.01. The number of carboxylic acid groups (broad SMARTS) is 1. The highest BCUT2D eigenvalue weighted by atomic mass is 16.7. The Labute approximate surface area is 175 Å². The standard InChI is InChI=1S/C22H27NO7/c1-22(2,3)20(25)15-11-23(12-16(28-4)29-5)17(21(26)27)19(18(15)24)30-13-14-9-7-6-8-10-14/h6-11,16H,12-13H2,1-5H3,(H,26,27). The smallest absolute Gasteiger partial charge is 0.356 e. The number of carbonyl (C=O) groups is 2. The summed E-state index contributed by atoms with van der Waals surface area (Å²) in [5, 5.41) is 9.81. The molecule has 0 fully saturated rings. The van der Waals surface area contributed by atoms with Crippen LogP contribution >= 0.6 is 0 Å². The lowest BCUT2D eigenvalue weighted by atomic mass is 9.87. The van der Waals surface area contributed by atoms with Crippen molar-refractivity contribution in [2.24, 2.45) is 5.41 Å². The second-order valence-electron chi connectivity index (χ2n) is 7.76. The molecular weight excluding hydrogens is 390 g/mol. The third-order valence-corrected chi connectivity index (χ3v) is 4.46. The van der Waals surface area contributed by atoms with E-state index in [9.17, 15) is 19.5 Å². The van der Waals surface area contributed by atoms with Gasteiger partial charge in [-0.3, -0.25) is 9.59 Å². The predicted molar refractivity (Wildman–Crippen MR) is 110 cm³/mol. The second kappa shape index (κ2) is 9.69. The van der Waals surface area contributed by atoms with Crippen LogP contribution in [0.25, 0.3) is 0 Å². The number of carboxylic acids is 1. The number of Topliss-reactive ketones (excluding diaryl/α,β-unsaturated/α-hetero) is 1. The lowest BCUT2D eigenvalue weighted by Gasteiger charge is -2.22. The molecule has 1 N–H and O–H groups in total. The maximum Gasteiger partial charge on any atom is 0.356 e. The van der Waals surface area contributed by atoms with E-state index in [1.807, 2.05) is 6.07 Å². The largest absolute Gasteiger partial charge is 0.482 e. The molecule has 0 aliphatic carbocycles. The molecule has 0 aliphatic heterocycles. The van der Waals surface area contributed by atoms with Crippen LogP contribution in [0.5, 0.6) is 5.75 Å². The highest BCUT2D eigenvalue weighted by molar-refractivity contribution is 6.00. The summed E-state index contributed by atoms with van der Waals surface area (Å²) in [4.78, 5) is 38.0. The highest BCUT2D eigenvalue weighted by Crippen LogP contribution is 2.24. The Morgan fingerprint density at radius 3 is 2.20 bits per heavy atom. The molecule has 0 amide bonds. The van der Waals surface area contributed by atoms with Gasteiger partial charge >= 0.3 is 5.97 Å². The molecular formula is C22H27NO7. The van der Waals surface area contributed by atoms with E-state index in [0.717, 1.165) is 5.56 Å². The molecule has 2 aromatic rings. The third kappa shape index (κ3) is 5.34. The van der Waals surface area contributed by atoms with Crippen LogP contribution < -0.4 is 10.2 Å². The number of methoxy groups -OCH3 is 2. The molecule has 162 valence electrons. The SMILES string of the molecule is COC(Cn1cc(C(=O)C(C)(C)C)c(=O)c(OCc2ccccc2)c1C(=O)O)OC. The zero-order valence-corrected chi connectivity index (χ0v) is 17.8. The maximum atomic E-state index is 13.1. The normalized spacial score (nSPS) is 11.5. The Bertz CT molecular complexity index is 954. The number of hydrogen-bond donors (Lipinski definition) is 1. The number of rotatable bonds is 9. The van der Waals surface area contributed by atoms with E-state index in [4.69, 9.17) is 14.2 Å². The monoisotopic (exact) mass is 417 g/mol. The van der Waals surface area contributed by atoms with Gasteiger partial charge in [-0.1, -0.05) is 51.1 Å². The van der Waals surface area contributed by atoms with Gasteiger partial charge < -0.3 is 23.9 Å². The van der Waals surface area contributed by atoms with E-state index >= 15 is 0 Å². The van der Waals surface area contributed by atoms with Crippen LogP contribution in [0, 0.1) is 5.41 Å². The molecule has 8 heteroatoms. The number of aromatic carboxylic acids is 1. The minimum atomic E-state index is -1.36. The minimum Gasteiger partial charge on any atom is -0.482 e. The third-order valence-electron chi connectivity index (χ3n) is 4.46. The summed E-state index contributed by atoms with van der Waals surface area (Å²) in [6.45, 7) is 4.97. The van der Waals surface area contributed by atoms with Crippen molar-refractivity contribution in [1.82, 2.24) is 4.57 Å². The van der Waals surface area contributed by atoms with Gasteiger partial charge in [0, 0.05) is 25.8 Å². The molecule has 0 aliphatic rings. The number of carbonyl (C=O) groups excluding carboxylic acids is 1. The van der Waals surface area contributed by atoms with E-state index in [0.29, 0.717) is 0 Å². The Hall–Kier alpha value is -2.97. The second-order valence-corrected chi connectivity index (χ2v) is 7.76. The highest BCUT2D eigenvalue weighted by Gasteiger charge is 2.31. The topological polar surface area (TPSA) is 104 Å². The lowest BCUT2D eigenvalue weighted by molar-refractivity contribution is -0.111. The summed E-state index contributed by atoms with van der Waals surface area (Å²) < 4.78 is 17.2. The van der Waals surface area contributed by atoms with Gasteiger partial charge in [-0.15, -0.1) is 0 Å². The van der Waals surface area contributed by atoms with Crippen molar-refractivity contribution >= 4 is 11.8 Å². The maximum absolute atomic E-state index is 13.1. The van der Waals surface area contributed by atoms with Gasteiger partial charge in [0.25, 0.3) is 0 Å². The first kappa shape index (κ1) is 23.3. The van der Waals surface area contributed by atoms with Gasteiger partial charge in [0.15, 0.2) is 23.5 Å². The summed E-state index contributed by atoms with van der Waals surface area (Å²) in [7, 11) is 2.82. The Morgan fingerprint density at radius 2 is 1.70 bits per heavy atom. The number of ketones is 1. The zero-order chi connectivity index (χ0) is 22.5. The van der Waals surface area contributed by atoms with Crippen LogP contribution in [-0.4, -0.2) is 41.9 Å². The van der Waals surface area contributed by atoms with Gasteiger partial charge in [0.2, 0.25) is 5.43 Å². The first-order valence-electron chi connectivity index (χ1n) is 9.38. The van der Waals surface area contributed by atoms with Crippen molar-refractivity contribution in [1.29, 1.82) is 0 Å². The van der Waals surface area contributed by atoms with Crippen molar-refractivity contribution in [3.63, 3.8) is 0 Å². The quantitative estimate of drug-likeness (QED) is 0.494. The number of ether oxygens (including phenoxy) is 3. The number of aromatic nitrogens is 1. The molecule has 0 saturated heterocycles. The van der Waals surface area contributed by atoms with E-state index in [-0.39, 0.29) is 24.4 Å². The van der Waals surface area contributed by atoms with Crippen LogP contribution in [0.4, 0.5) is 0 Å². The molecule has 8 nitrogen and oxygen atoms in total. The Morgan fingerprint density at radius 1 is 1.10 bits per heavy atom. The van der Waals surface area contributed by atoms with Crippen molar-refractivity contribution in [3.8, 4) is 5.75 Å². The molecule has 1 aromatic carbocycles. The molecule has 0 saturated carbocycles. The molecule has 0 radical (unpaired) electrons. The van der Waals surface area contributed by atoms with Gasteiger partial charge in [0.1, 0.15) is 6.61 Å². The fourth-order valence-electron chi connectivity index (χ4n) is 2.84. The lowest BCUT2D eigenvalue weighted by Crippen LogP contribution is -2.33. The van der Waals surface area contributed by atoms with Gasteiger partial charge in [-0.2, -0.15) is 0 Å². The van der Waals surface area contributed by atoms with Crippen LogP contribution in [0.3, 0.4) is 0 Å². The molecule has 30 heavy (non-hydrogen) atoms. The van der Waals surface area contributed by atoms with Crippen molar-refractivity contribution in [3.05, 3.63) is 63.6 Å². The molecule has 0 unspecified atom stereocenters. The molecule has 0 atom stereocenters. The molecule has 1 aromatic heterocycles. The predicted octanol–water partition coefficient (Wildman–Crippen LogP) is 2.97.